The van der Waals surface area contributed by atoms with Crippen LogP contribution in [0.3, 0.4) is 0 Å². The molecule has 0 bridgehead atoms. The van der Waals surface area contributed by atoms with Crippen LogP contribution in [0.15, 0.2) is 60.0 Å². The second-order valence-electron chi connectivity index (χ2n) is 6.12. The lowest BCUT2D eigenvalue weighted by atomic mass is 10.1. The van der Waals surface area contributed by atoms with Gasteiger partial charge in [-0.25, -0.2) is 4.99 Å². The minimum Gasteiger partial charge on any atom is -0.386 e. The third-order valence-corrected chi connectivity index (χ3v) is 4.24. The van der Waals surface area contributed by atoms with Crippen molar-refractivity contribution in [3.05, 3.63) is 66.1 Å². The molecule has 1 aromatic carbocycles. The summed E-state index contributed by atoms with van der Waals surface area (Å²) in [4.78, 5) is 10.7. The Kier molecular flexibility index (Phi) is 6.35. The van der Waals surface area contributed by atoms with Crippen molar-refractivity contribution in [2.24, 2.45) is 10.7 Å². The minimum absolute atomic E-state index is 0.558. The van der Waals surface area contributed by atoms with Gasteiger partial charge in [-0.1, -0.05) is 24.3 Å². The number of hydrogen-bond donors (Lipinski definition) is 2. The first-order chi connectivity index (χ1) is 12.8. The maximum atomic E-state index is 5.94. The van der Waals surface area contributed by atoms with Crippen LogP contribution >= 0.6 is 0 Å². The Morgan fingerprint density at radius 1 is 1.19 bits per heavy atom. The summed E-state index contributed by atoms with van der Waals surface area (Å²) in [6.45, 7) is 3.11. The van der Waals surface area contributed by atoms with Crippen molar-refractivity contribution in [2.75, 3.05) is 38.3 Å². The molecule has 0 saturated carbocycles. The molecule has 0 amide bonds. The first-order valence-electron chi connectivity index (χ1n) is 8.77. The molecule has 136 valence electrons. The largest absolute Gasteiger partial charge is 0.386 e. The third-order valence-electron chi connectivity index (χ3n) is 4.24. The zero-order valence-corrected chi connectivity index (χ0v) is 15.1. The van der Waals surface area contributed by atoms with E-state index >= 15 is 0 Å². The molecule has 0 fully saturated rings. The van der Waals surface area contributed by atoms with Crippen molar-refractivity contribution in [3.8, 4) is 0 Å². The topological polar surface area (TPSA) is 75.8 Å². The van der Waals surface area contributed by atoms with Gasteiger partial charge in [0.25, 0.3) is 0 Å². The van der Waals surface area contributed by atoms with Gasteiger partial charge in [-0.15, -0.1) is 0 Å². The molecule has 1 aliphatic rings. The van der Waals surface area contributed by atoms with Gasteiger partial charge in [-0.2, -0.15) is 0 Å². The van der Waals surface area contributed by atoms with Crippen LogP contribution in [0.1, 0.15) is 11.1 Å². The van der Waals surface area contributed by atoms with E-state index < -0.39 is 0 Å². The van der Waals surface area contributed by atoms with E-state index in [0.29, 0.717) is 12.4 Å². The lowest BCUT2D eigenvalue weighted by Gasteiger charge is -2.29. The monoisotopic (exact) mass is 351 g/mol. The maximum Gasteiger partial charge on any atom is 0.119 e. The predicted octanol–water partition coefficient (Wildman–Crippen LogP) is 2.04. The number of nitrogens with zero attached hydrogens (tertiary/aromatic N) is 3. The SMILES string of the molecule is COCCNCCc1ccc(C2=CN=C(N)CN2c2cccnc2)cc1. The number of anilines is 1. The first-order valence-corrected chi connectivity index (χ1v) is 8.77. The van der Waals surface area contributed by atoms with E-state index in [1.165, 1.54) is 5.56 Å². The molecule has 3 rings (SSSR count). The van der Waals surface area contributed by atoms with E-state index in [1.807, 2.05) is 24.5 Å². The number of nitrogens with one attached hydrogen (secondary N) is 1. The highest BCUT2D eigenvalue weighted by Crippen LogP contribution is 2.27. The molecule has 3 N–H and O–H groups in total. The molecule has 6 nitrogen and oxygen atoms in total. The number of amidine groups is 1. The standard InChI is InChI=1S/C20H25N5O/c1-26-12-11-22-10-8-16-4-6-17(7-5-16)19-14-24-20(21)15-25(19)18-3-2-9-23-13-18/h2-7,9,13-14,22H,8,10-12,15H2,1H3,(H2,21,24). The van der Waals surface area contributed by atoms with E-state index in [1.54, 1.807) is 13.3 Å². The molecule has 2 aromatic rings. The molecule has 2 heterocycles. The Morgan fingerprint density at radius 3 is 2.77 bits per heavy atom. The Balaban J connectivity index is 1.70. The minimum atomic E-state index is 0.558. The van der Waals surface area contributed by atoms with Gasteiger partial charge in [0.05, 0.1) is 36.9 Å². The second kappa shape index (κ2) is 9.12. The normalized spacial score (nSPS) is 14.1. The molecule has 0 atom stereocenters. The van der Waals surface area contributed by atoms with Crippen molar-refractivity contribution in [2.45, 2.75) is 6.42 Å². The summed E-state index contributed by atoms with van der Waals surface area (Å²) in [6, 6.07) is 12.6. The van der Waals surface area contributed by atoms with Crippen LogP contribution in [0.2, 0.25) is 0 Å². The highest BCUT2D eigenvalue weighted by atomic mass is 16.5. The molecule has 0 spiro atoms. The summed E-state index contributed by atoms with van der Waals surface area (Å²) >= 11 is 0. The average molecular weight is 351 g/mol. The number of hydrogen-bond acceptors (Lipinski definition) is 6. The number of methoxy groups -OCH3 is 1. The highest BCUT2D eigenvalue weighted by molar-refractivity contribution is 5.94. The third kappa shape index (κ3) is 4.68. The molecule has 0 aliphatic carbocycles. The maximum absolute atomic E-state index is 5.94. The van der Waals surface area contributed by atoms with E-state index in [9.17, 15) is 0 Å². The van der Waals surface area contributed by atoms with Crippen molar-refractivity contribution in [1.82, 2.24) is 10.3 Å². The van der Waals surface area contributed by atoms with Crippen molar-refractivity contribution in [3.63, 3.8) is 0 Å². The van der Waals surface area contributed by atoms with Crippen molar-refractivity contribution < 1.29 is 4.74 Å². The van der Waals surface area contributed by atoms with Crippen molar-refractivity contribution in [1.29, 1.82) is 0 Å². The van der Waals surface area contributed by atoms with Gasteiger partial charge in [0.1, 0.15) is 5.84 Å². The van der Waals surface area contributed by atoms with E-state index in [-0.39, 0.29) is 0 Å². The fourth-order valence-corrected chi connectivity index (χ4v) is 2.85. The van der Waals surface area contributed by atoms with Gasteiger partial charge in [0.15, 0.2) is 0 Å². The lowest BCUT2D eigenvalue weighted by molar-refractivity contribution is 0.199. The molecule has 1 aromatic heterocycles. The number of nitrogens with two attached hydrogens (primary N) is 1. The summed E-state index contributed by atoms with van der Waals surface area (Å²) in [5, 5.41) is 3.36. The van der Waals surface area contributed by atoms with Crippen LogP contribution in [0.4, 0.5) is 5.69 Å². The fourth-order valence-electron chi connectivity index (χ4n) is 2.85. The molecule has 6 heteroatoms. The Hall–Kier alpha value is -2.70. The number of benzene rings is 1. The number of ether oxygens (including phenoxy) is 1. The molecule has 26 heavy (non-hydrogen) atoms. The Morgan fingerprint density at radius 2 is 2.04 bits per heavy atom. The van der Waals surface area contributed by atoms with Crippen LogP contribution in [0.25, 0.3) is 5.70 Å². The zero-order valence-electron chi connectivity index (χ0n) is 15.1. The van der Waals surface area contributed by atoms with Crippen LogP contribution in [-0.4, -0.2) is 44.2 Å². The smallest absolute Gasteiger partial charge is 0.119 e. The Labute approximate surface area is 154 Å². The zero-order chi connectivity index (χ0) is 18.2. The number of rotatable bonds is 8. The molecular weight excluding hydrogens is 326 g/mol. The summed E-state index contributed by atoms with van der Waals surface area (Å²) in [6.07, 6.45) is 6.42. The summed E-state index contributed by atoms with van der Waals surface area (Å²) < 4.78 is 5.03. The molecule has 0 saturated heterocycles. The lowest BCUT2D eigenvalue weighted by Crippen LogP contribution is -2.35. The summed E-state index contributed by atoms with van der Waals surface area (Å²) in [7, 11) is 1.72. The predicted molar refractivity (Wildman–Crippen MR) is 106 cm³/mol. The Bertz CT molecular complexity index is 756. The van der Waals surface area contributed by atoms with Crippen LogP contribution < -0.4 is 16.0 Å². The van der Waals surface area contributed by atoms with Gasteiger partial charge in [0.2, 0.25) is 0 Å². The van der Waals surface area contributed by atoms with Crippen molar-refractivity contribution >= 4 is 17.2 Å². The fraction of sp³-hybridized carbons (Fsp3) is 0.300. The van der Waals surface area contributed by atoms with Crippen LogP contribution in [-0.2, 0) is 11.2 Å². The summed E-state index contributed by atoms with van der Waals surface area (Å²) in [5.74, 6) is 0.594. The average Bonchev–Trinajstić information content (AvgIpc) is 2.69. The molecule has 0 unspecified atom stereocenters. The highest BCUT2D eigenvalue weighted by Gasteiger charge is 2.18. The van der Waals surface area contributed by atoms with Crippen LogP contribution in [0.5, 0.6) is 0 Å². The van der Waals surface area contributed by atoms with Crippen LogP contribution in [0, 0.1) is 0 Å². The number of pyridine rings is 1. The summed E-state index contributed by atoms with van der Waals surface area (Å²) in [5.41, 5.74) is 10.4. The van der Waals surface area contributed by atoms with E-state index in [0.717, 1.165) is 43.1 Å². The number of aromatic nitrogens is 1. The van der Waals surface area contributed by atoms with Gasteiger partial charge < -0.3 is 20.7 Å². The first kappa shape index (κ1) is 18.1. The van der Waals surface area contributed by atoms with Gasteiger partial charge in [-0.3, -0.25) is 4.98 Å². The van der Waals surface area contributed by atoms with E-state index in [2.05, 4.69) is 44.5 Å². The quantitative estimate of drug-likeness (QED) is 0.712. The molecular formula is C20H25N5O. The second-order valence-corrected chi connectivity index (χ2v) is 6.12. The van der Waals surface area contributed by atoms with E-state index in [4.69, 9.17) is 10.5 Å². The molecule has 1 aliphatic heterocycles. The number of aliphatic imine (C=N–C) groups is 1. The molecule has 0 radical (unpaired) electrons. The van der Waals surface area contributed by atoms with Gasteiger partial charge >= 0.3 is 0 Å². The van der Waals surface area contributed by atoms with Gasteiger partial charge in [-0.05, 0) is 36.2 Å². The van der Waals surface area contributed by atoms with Gasteiger partial charge in [0, 0.05) is 19.9 Å².